The Morgan fingerprint density at radius 3 is 2.00 bits per heavy atom. The zero-order valence-corrected chi connectivity index (χ0v) is 9.95. The summed E-state index contributed by atoms with van der Waals surface area (Å²) in [6.45, 7) is 5.23. The van der Waals surface area contributed by atoms with Gasteiger partial charge in [-0.2, -0.15) is 0 Å². The summed E-state index contributed by atoms with van der Waals surface area (Å²) < 4.78 is 24.8. The lowest BCUT2D eigenvalue weighted by Gasteiger charge is -2.29. The standard InChI is InChI=1S/C10H16N2O2S/c1-10(2,3)12(11)15(13,14)9-7-5-4-6-8-9/h4-8H,11H2,1-3H3. The molecule has 1 rings (SSSR count). The van der Waals surface area contributed by atoms with Crippen molar-refractivity contribution in [2.24, 2.45) is 5.84 Å². The molecule has 84 valence electrons. The second kappa shape index (κ2) is 3.92. The average molecular weight is 228 g/mol. The molecule has 15 heavy (non-hydrogen) atoms. The minimum Gasteiger partial charge on any atom is -0.254 e. The van der Waals surface area contributed by atoms with Gasteiger partial charge in [0.1, 0.15) is 0 Å². The van der Waals surface area contributed by atoms with Gasteiger partial charge in [-0.15, -0.1) is 4.41 Å². The molecular formula is C10H16N2O2S. The van der Waals surface area contributed by atoms with E-state index in [1.54, 1.807) is 39.0 Å². The van der Waals surface area contributed by atoms with E-state index in [4.69, 9.17) is 5.84 Å². The van der Waals surface area contributed by atoms with Crippen LogP contribution in [0.5, 0.6) is 0 Å². The van der Waals surface area contributed by atoms with Gasteiger partial charge in [0.05, 0.1) is 4.90 Å². The van der Waals surface area contributed by atoms with E-state index in [0.29, 0.717) is 0 Å². The molecule has 0 fully saturated rings. The summed E-state index contributed by atoms with van der Waals surface area (Å²) >= 11 is 0. The second-order valence-electron chi connectivity index (χ2n) is 4.28. The molecular weight excluding hydrogens is 212 g/mol. The molecule has 0 aliphatic carbocycles. The van der Waals surface area contributed by atoms with E-state index < -0.39 is 15.6 Å². The first kappa shape index (κ1) is 12.2. The van der Waals surface area contributed by atoms with Crippen molar-refractivity contribution < 1.29 is 8.42 Å². The largest absolute Gasteiger partial charge is 0.256 e. The van der Waals surface area contributed by atoms with Crippen molar-refractivity contribution in [3.63, 3.8) is 0 Å². The van der Waals surface area contributed by atoms with Gasteiger partial charge in [0.15, 0.2) is 0 Å². The molecule has 0 heterocycles. The summed E-state index contributed by atoms with van der Waals surface area (Å²) in [5, 5.41) is 0. The monoisotopic (exact) mass is 228 g/mol. The quantitative estimate of drug-likeness (QED) is 0.614. The smallest absolute Gasteiger partial charge is 0.254 e. The van der Waals surface area contributed by atoms with E-state index in [2.05, 4.69) is 0 Å². The molecule has 0 atom stereocenters. The van der Waals surface area contributed by atoms with Crippen LogP contribution in [0, 0.1) is 0 Å². The van der Waals surface area contributed by atoms with E-state index >= 15 is 0 Å². The summed E-state index contributed by atoms with van der Waals surface area (Å²) in [6, 6.07) is 8.16. The zero-order chi connectivity index (χ0) is 11.7. The lowest BCUT2D eigenvalue weighted by atomic mass is 10.1. The van der Waals surface area contributed by atoms with Crippen molar-refractivity contribution in [1.29, 1.82) is 0 Å². The lowest BCUT2D eigenvalue weighted by Crippen LogP contribution is -2.50. The number of nitrogens with two attached hydrogens (primary N) is 1. The molecule has 1 aromatic rings. The third kappa shape index (κ3) is 2.56. The second-order valence-corrected chi connectivity index (χ2v) is 6.10. The molecule has 0 spiro atoms. The first-order valence-corrected chi connectivity index (χ1v) is 6.05. The van der Waals surface area contributed by atoms with Gasteiger partial charge in [0, 0.05) is 5.54 Å². The molecule has 0 aliphatic heterocycles. The van der Waals surface area contributed by atoms with Crippen LogP contribution in [0.3, 0.4) is 0 Å². The van der Waals surface area contributed by atoms with Crippen molar-refractivity contribution >= 4 is 10.0 Å². The van der Waals surface area contributed by atoms with Gasteiger partial charge in [0.2, 0.25) is 0 Å². The Morgan fingerprint density at radius 2 is 1.60 bits per heavy atom. The summed E-state index contributed by atoms with van der Waals surface area (Å²) in [6.07, 6.45) is 0. The lowest BCUT2D eigenvalue weighted by molar-refractivity contribution is 0.255. The number of sulfonamides is 1. The van der Waals surface area contributed by atoms with Crippen LogP contribution in [0.1, 0.15) is 20.8 Å². The molecule has 0 amide bonds. The molecule has 0 saturated carbocycles. The maximum absolute atomic E-state index is 12.0. The highest BCUT2D eigenvalue weighted by Gasteiger charge is 2.30. The summed E-state index contributed by atoms with van der Waals surface area (Å²) in [4.78, 5) is 0.211. The number of hydrogen-bond acceptors (Lipinski definition) is 3. The first-order valence-electron chi connectivity index (χ1n) is 4.61. The Balaban J connectivity index is 3.16. The minimum absolute atomic E-state index is 0.211. The molecule has 0 radical (unpaired) electrons. The van der Waals surface area contributed by atoms with Gasteiger partial charge in [0.25, 0.3) is 10.0 Å². The highest BCUT2D eigenvalue weighted by molar-refractivity contribution is 7.89. The predicted octanol–water partition coefficient (Wildman–Crippen LogP) is 1.35. The van der Waals surface area contributed by atoms with Crippen LogP contribution < -0.4 is 5.84 Å². The summed E-state index contributed by atoms with van der Waals surface area (Å²) in [5.41, 5.74) is -0.630. The Morgan fingerprint density at radius 1 is 1.13 bits per heavy atom. The number of benzene rings is 1. The van der Waals surface area contributed by atoms with Crippen LogP contribution in [-0.2, 0) is 10.0 Å². The van der Waals surface area contributed by atoms with E-state index in [0.717, 1.165) is 4.41 Å². The van der Waals surface area contributed by atoms with Gasteiger partial charge in [-0.3, -0.25) is 5.84 Å². The van der Waals surface area contributed by atoms with Crippen molar-refractivity contribution in [3.05, 3.63) is 30.3 Å². The fraction of sp³-hybridized carbons (Fsp3) is 0.400. The van der Waals surface area contributed by atoms with E-state index in [9.17, 15) is 8.42 Å². The third-order valence-electron chi connectivity index (χ3n) is 1.96. The van der Waals surface area contributed by atoms with Crippen LogP contribution in [0.2, 0.25) is 0 Å². The molecule has 0 saturated heterocycles. The predicted molar refractivity (Wildman–Crippen MR) is 59.4 cm³/mol. The van der Waals surface area contributed by atoms with Crippen molar-refractivity contribution in [2.45, 2.75) is 31.2 Å². The van der Waals surface area contributed by atoms with E-state index in [1.165, 1.54) is 12.1 Å². The SMILES string of the molecule is CC(C)(C)N(N)S(=O)(=O)c1ccccc1. The van der Waals surface area contributed by atoms with Crippen molar-refractivity contribution in [3.8, 4) is 0 Å². The Labute approximate surface area is 90.7 Å². The van der Waals surface area contributed by atoms with Gasteiger partial charge in [-0.25, -0.2) is 8.42 Å². The molecule has 0 bridgehead atoms. The van der Waals surface area contributed by atoms with Crippen LogP contribution >= 0.6 is 0 Å². The number of nitrogens with zero attached hydrogens (tertiary/aromatic N) is 1. The fourth-order valence-corrected chi connectivity index (χ4v) is 2.52. The summed E-state index contributed by atoms with van der Waals surface area (Å²) in [5.74, 6) is 5.61. The molecule has 0 aromatic heterocycles. The fourth-order valence-electron chi connectivity index (χ4n) is 1.07. The average Bonchev–Trinajstić information content (AvgIpc) is 2.16. The first-order chi connectivity index (χ1) is 6.76. The minimum atomic E-state index is -3.59. The highest BCUT2D eigenvalue weighted by Crippen LogP contribution is 2.19. The normalized spacial score (nSPS) is 13.1. The van der Waals surface area contributed by atoms with Crippen LogP contribution in [0.15, 0.2) is 35.2 Å². The summed E-state index contributed by atoms with van der Waals surface area (Å²) in [7, 11) is -3.59. The van der Waals surface area contributed by atoms with E-state index in [1.807, 2.05) is 0 Å². The van der Waals surface area contributed by atoms with Gasteiger partial charge < -0.3 is 0 Å². The maximum Gasteiger partial charge on any atom is 0.256 e. The van der Waals surface area contributed by atoms with Crippen LogP contribution in [0.4, 0.5) is 0 Å². The van der Waals surface area contributed by atoms with E-state index in [-0.39, 0.29) is 4.90 Å². The molecule has 1 aromatic carbocycles. The van der Waals surface area contributed by atoms with Crippen LogP contribution in [0.25, 0.3) is 0 Å². The Kier molecular flexibility index (Phi) is 3.18. The third-order valence-corrected chi connectivity index (χ3v) is 3.89. The van der Waals surface area contributed by atoms with Crippen molar-refractivity contribution in [1.82, 2.24) is 4.41 Å². The zero-order valence-electron chi connectivity index (χ0n) is 9.14. The molecule has 0 unspecified atom stereocenters. The van der Waals surface area contributed by atoms with Gasteiger partial charge in [-0.05, 0) is 32.9 Å². The number of hydrazine groups is 1. The Bertz CT molecular complexity index is 420. The topological polar surface area (TPSA) is 63.4 Å². The van der Waals surface area contributed by atoms with Gasteiger partial charge >= 0.3 is 0 Å². The van der Waals surface area contributed by atoms with Crippen molar-refractivity contribution in [2.75, 3.05) is 0 Å². The number of rotatable bonds is 2. The van der Waals surface area contributed by atoms with Crippen LogP contribution in [-0.4, -0.2) is 18.4 Å². The number of hydrogen-bond donors (Lipinski definition) is 1. The molecule has 0 aliphatic rings. The van der Waals surface area contributed by atoms with Gasteiger partial charge in [-0.1, -0.05) is 18.2 Å². The molecule has 5 heteroatoms. The Hall–Kier alpha value is -0.910. The molecule has 4 nitrogen and oxygen atoms in total. The molecule has 2 N–H and O–H groups in total. The maximum atomic E-state index is 12.0. The highest BCUT2D eigenvalue weighted by atomic mass is 32.2.